The quantitative estimate of drug-likeness (QED) is 0.423. The zero-order chi connectivity index (χ0) is 24.8. The second kappa shape index (κ2) is 11.5. The molecule has 4 rings (SSSR count). The van der Waals surface area contributed by atoms with Gasteiger partial charge in [-0.1, -0.05) is 31.5 Å². The molecule has 35 heavy (non-hydrogen) atoms. The van der Waals surface area contributed by atoms with E-state index < -0.39 is 0 Å². The highest BCUT2D eigenvalue weighted by atomic mass is 35.5. The number of carbonyl (C=O) groups excluding carboxylic acids is 2. The Morgan fingerprint density at radius 1 is 1.03 bits per heavy atom. The van der Waals surface area contributed by atoms with Crippen LogP contribution in [0.15, 0.2) is 59.1 Å². The summed E-state index contributed by atoms with van der Waals surface area (Å²) >= 11 is 6.12. The smallest absolute Gasteiger partial charge is 0.289 e. The molecule has 1 aliphatic rings. The van der Waals surface area contributed by atoms with Crippen LogP contribution in [0.1, 0.15) is 48.7 Å². The minimum Gasteiger partial charge on any atom is -0.454 e. The lowest BCUT2D eigenvalue weighted by Crippen LogP contribution is -2.48. The minimum absolute atomic E-state index is 0.0858. The summed E-state index contributed by atoms with van der Waals surface area (Å²) in [6, 6.07) is 15.4. The van der Waals surface area contributed by atoms with Crippen LogP contribution in [0.5, 0.6) is 0 Å². The average Bonchev–Trinajstić information content (AvgIpc) is 3.53. The van der Waals surface area contributed by atoms with Crippen molar-refractivity contribution in [2.75, 3.05) is 37.6 Å². The molecule has 1 aliphatic heterocycles. The van der Waals surface area contributed by atoms with Crippen molar-refractivity contribution in [1.29, 1.82) is 0 Å². The maximum atomic E-state index is 13.0. The minimum atomic E-state index is -0.0858. The Kier molecular flexibility index (Phi) is 8.18. The maximum Gasteiger partial charge on any atom is 0.289 e. The average molecular weight is 497 g/mol. The predicted molar refractivity (Wildman–Crippen MR) is 138 cm³/mol. The molecule has 0 N–H and O–H groups in total. The highest BCUT2D eigenvalue weighted by molar-refractivity contribution is 6.30. The third-order valence-electron chi connectivity index (χ3n) is 6.36. The van der Waals surface area contributed by atoms with Gasteiger partial charge in [-0.25, -0.2) is 0 Å². The van der Waals surface area contributed by atoms with E-state index in [0.717, 1.165) is 37.4 Å². The van der Waals surface area contributed by atoms with Gasteiger partial charge in [0.1, 0.15) is 5.76 Å². The molecule has 1 fully saturated rings. The molecule has 0 bridgehead atoms. The number of piperazine rings is 1. The molecular formula is C27H33ClN4O3. The number of carbonyl (C=O) groups is 2. The molecule has 2 aromatic heterocycles. The number of halogens is 1. The van der Waals surface area contributed by atoms with Gasteiger partial charge in [0.25, 0.3) is 5.91 Å². The van der Waals surface area contributed by atoms with Gasteiger partial charge in [-0.05, 0) is 48.9 Å². The summed E-state index contributed by atoms with van der Waals surface area (Å²) in [5.74, 6) is 1.14. The molecule has 0 aliphatic carbocycles. The first-order valence-electron chi connectivity index (χ1n) is 12.3. The number of anilines is 1. The molecule has 1 aromatic carbocycles. The number of hydrogen-bond acceptors (Lipinski definition) is 4. The van der Waals surface area contributed by atoms with E-state index in [2.05, 4.69) is 16.4 Å². The zero-order valence-electron chi connectivity index (χ0n) is 20.5. The Hall–Kier alpha value is -3.19. The predicted octanol–water partition coefficient (Wildman–Crippen LogP) is 4.89. The highest BCUT2D eigenvalue weighted by Crippen LogP contribution is 2.22. The molecule has 3 aromatic rings. The van der Waals surface area contributed by atoms with Gasteiger partial charge < -0.3 is 23.7 Å². The van der Waals surface area contributed by atoms with Gasteiger partial charge in [-0.2, -0.15) is 0 Å². The Bertz CT molecular complexity index is 1150. The van der Waals surface area contributed by atoms with Crippen LogP contribution in [0.25, 0.3) is 0 Å². The summed E-state index contributed by atoms with van der Waals surface area (Å²) in [4.78, 5) is 31.3. The molecule has 0 unspecified atom stereocenters. The van der Waals surface area contributed by atoms with Crippen molar-refractivity contribution in [2.24, 2.45) is 0 Å². The van der Waals surface area contributed by atoms with Gasteiger partial charge in [-0.3, -0.25) is 9.59 Å². The van der Waals surface area contributed by atoms with Gasteiger partial charge in [0, 0.05) is 61.7 Å². The lowest BCUT2D eigenvalue weighted by molar-refractivity contribution is -0.131. The molecule has 3 heterocycles. The van der Waals surface area contributed by atoms with E-state index in [4.69, 9.17) is 16.0 Å². The van der Waals surface area contributed by atoms with Crippen molar-refractivity contribution in [1.82, 2.24) is 14.4 Å². The van der Waals surface area contributed by atoms with Gasteiger partial charge in [0.15, 0.2) is 5.76 Å². The zero-order valence-corrected chi connectivity index (χ0v) is 21.2. The summed E-state index contributed by atoms with van der Waals surface area (Å²) in [7, 11) is 0. The first kappa shape index (κ1) is 24.9. The van der Waals surface area contributed by atoms with E-state index in [0.29, 0.717) is 49.1 Å². The topological polar surface area (TPSA) is 61.9 Å². The molecule has 0 saturated carbocycles. The lowest BCUT2D eigenvalue weighted by Gasteiger charge is -2.35. The van der Waals surface area contributed by atoms with E-state index >= 15 is 0 Å². The summed E-state index contributed by atoms with van der Waals surface area (Å²) < 4.78 is 8.02. The monoisotopic (exact) mass is 496 g/mol. The largest absolute Gasteiger partial charge is 0.454 e. The van der Waals surface area contributed by atoms with Crippen LogP contribution < -0.4 is 4.90 Å². The number of aromatic nitrogens is 1. The molecule has 186 valence electrons. The summed E-state index contributed by atoms with van der Waals surface area (Å²) in [5.41, 5.74) is 2.12. The Labute approximate surface area is 211 Å². The number of furan rings is 1. The number of benzene rings is 1. The summed E-state index contributed by atoms with van der Waals surface area (Å²) in [6.07, 6.45) is 3.40. The third-order valence-corrected chi connectivity index (χ3v) is 6.60. The lowest BCUT2D eigenvalue weighted by atomic mass is 10.2. The van der Waals surface area contributed by atoms with Crippen molar-refractivity contribution in [3.63, 3.8) is 0 Å². The SMILES string of the molecule is CCCN(Cc1cccn1Cc1ccc(C(=O)N2CCN(c3cccc(Cl)c3)CC2)o1)C(=O)CC. The van der Waals surface area contributed by atoms with E-state index in [-0.39, 0.29) is 11.8 Å². The van der Waals surface area contributed by atoms with E-state index in [1.807, 2.05) is 65.4 Å². The third kappa shape index (κ3) is 6.09. The summed E-state index contributed by atoms with van der Waals surface area (Å²) in [6.45, 7) is 8.53. The van der Waals surface area contributed by atoms with E-state index in [1.54, 1.807) is 6.07 Å². The fourth-order valence-corrected chi connectivity index (χ4v) is 4.65. The Balaban J connectivity index is 1.36. The van der Waals surface area contributed by atoms with E-state index in [1.165, 1.54) is 0 Å². The van der Waals surface area contributed by atoms with Crippen LogP contribution >= 0.6 is 11.6 Å². The number of rotatable bonds is 9. The molecule has 0 spiro atoms. The number of amides is 2. The number of nitrogens with zero attached hydrogens (tertiary/aromatic N) is 4. The van der Waals surface area contributed by atoms with Crippen LogP contribution in [-0.2, 0) is 17.9 Å². The van der Waals surface area contributed by atoms with E-state index in [9.17, 15) is 9.59 Å². The first-order chi connectivity index (χ1) is 17.0. The van der Waals surface area contributed by atoms with Gasteiger partial charge in [0.05, 0.1) is 13.1 Å². The molecule has 1 saturated heterocycles. The fourth-order valence-electron chi connectivity index (χ4n) is 4.47. The van der Waals surface area contributed by atoms with Crippen LogP contribution in [0.4, 0.5) is 5.69 Å². The first-order valence-corrected chi connectivity index (χ1v) is 12.7. The van der Waals surface area contributed by atoms with Gasteiger partial charge in [-0.15, -0.1) is 0 Å². The highest BCUT2D eigenvalue weighted by Gasteiger charge is 2.25. The van der Waals surface area contributed by atoms with Crippen LogP contribution in [0, 0.1) is 0 Å². The normalized spacial score (nSPS) is 13.8. The van der Waals surface area contributed by atoms with Crippen LogP contribution in [-0.4, -0.2) is 58.9 Å². The fraction of sp³-hybridized carbons (Fsp3) is 0.407. The van der Waals surface area contributed by atoms with Crippen molar-refractivity contribution < 1.29 is 14.0 Å². The molecule has 0 radical (unpaired) electrons. The molecular weight excluding hydrogens is 464 g/mol. The molecule has 8 heteroatoms. The Morgan fingerprint density at radius 3 is 2.54 bits per heavy atom. The standard InChI is InChI=1S/C27H33ClN4O3/c1-3-12-32(26(33)4-2)19-23-9-6-13-31(23)20-24-10-11-25(35-24)27(34)30-16-14-29(15-17-30)22-8-5-7-21(28)18-22/h5-11,13,18H,3-4,12,14-17,19-20H2,1-2H3. The van der Waals surface area contributed by atoms with Gasteiger partial charge in [0.2, 0.25) is 5.91 Å². The Morgan fingerprint density at radius 2 is 1.83 bits per heavy atom. The molecule has 2 amide bonds. The van der Waals surface area contributed by atoms with Gasteiger partial charge >= 0.3 is 0 Å². The molecule has 7 nitrogen and oxygen atoms in total. The van der Waals surface area contributed by atoms with Crippen molar-refractivity contribution in [3.8, 4) is 0 Å². The molecule has 0 atom stereocenters. The van der Waals surface area contributed by atoms with Crippen molar-refractivity contribution in [2.45, 2.75) is 39.8 Å². The van der Waals surface area contributed by atoms with Crippen LogP contribution in [0.3, 0.4) is 0 Å². The number of hydrogen-bond donors (Lipinski definition) is 0. The van der Waals surface area contributed by atoms with Crippen molar-refractivity contribution in [3.05, 3.63) is 77.0 Å². The van der Waals surface area contributed by atoms with Crippen LogP contribution in [0.2, 0.25) is 5.02 Å². The second-order valence-electron chi connectivity index (χ2n) is 8.82. The second-order valence-corrected chi connectivity index (χ2v) is 9.26. The maximum absolute atomic E-state index is 13.0. The van der Waals surface area contributed by atoms with Crippen molar-refractivity contribution >= 4 is 29.1 Å². The summed E-state index contributed by atoms with van der Waals surface area (Å²) in [5, 5.41) is 0.713.